The molecule has 0 aliphatic carbocycles. The summed E-state index contributed by atoms with van der Waals surface area (Å²) in [7, 11) is 0. The summed E-state index contributed by atoms with van der Waals surface area (Å²) in [5.74, 6) is -0.507. The largest absolute Gasteiger partial charge is 0.481 e. The highest BCUT2D eigenvalue weighted by Gasteiger charge is 2.13. The molecule has 0 saturated carbocycles. The first-order chi connectivity index (χ1) is 7.16. The normalized spacial score (nSPS) is 14.1. The number of carboxylic acids is 1. The molecule has 80 valence electrons. The van der Waals surface area contributed by atoms with Crippen LogP contribution in [0.15, 0.2) is 10.9 Å². The Morgan fingerprint density at radius 3 is 3.20 bits per heavy atom. The number of hydrogen-bond donors (Lipinski definition) is 2. The highest BCUT2D eigenvalue weighted by atomic mass is 16.4. The highest BCUT2D eigenvalue weighted by molar-refractivity contribution is 5.69. The van der Waals surface area contributed by atoms with E-state index in [9.17, 15) is 9.59 Å². The molecule has 15 heavy (non-hydrogen) atoms. The molecule has 0 amide bonds. The molecule has 0 fully saturated rings. The minimum absolute atomic E-state index is 0.191. The van der Waals surface area contributed by atoms with Gasteiger partial charge >= 0.3 is 5.97 Å². The third-order valence-corrected chi connectivity index (χ3v) is 2.24. The van der Waals surface area contributed by atoms with E-state index in [2.05, 4.69) is 10.3 Å². The lowest BCUT2D eigenvalue weighted by molar-refractivity contribution is -0.136. The van der Waals surface area contributed by atoms with E-state index < -0.39 is 5.97 Å². The first-order valence-electron chi connectivity index (χ1n) is 4.73. The predicted octanol–water partition coefficient (Wildman–Crippen LogP) is -0.314. The lowest BCUT2D eigenvalue weighted by Gasteiger charge is -2.18. The second-order valence-corrected chi connectivity index (χ2v) is 3.41. The van der Waals surface area contributed by atoms with Gasteiger partial charge in [0.1, 0.15) is 0 Å². The summed E-state index contributed by atoms with van der Waals surface area (Å²) in [6, 6.07) is 1.28. The van der Waals surface area contributed by atoms with E-state index in [1.807, 2.05) is 0 Å². The van der Waals surface area contributed by atoms with Gasteiger partial charge in [-0.3, -0.25) is 14.2 Å². The number of fused-ring (bicyclic) bond motifs is 1. The van der Waals surface area contributed by atoms with Crippen molar-refractivity contribution in [3.8, 4) is 0 Å². The highest BCUT2D eigenvalue weighted by Crippen LogP contribution is 2.08. The van der Waals surface area contributed by atoms with Crippen LogP contribution in [-0.4, -0.2) is 27.2 Å². The maximum absolute atomic E-state index is 11.6. The van der Waals surface area contributed by atoms with Crippen LogP contribution < -0.4 is 10.9 Å². The van der Waals surface area contributed by atoms with Crippen LogP contribution in [0.2, 0.25) is 0 Å². The van der Waals surface area contributed by atoms with Crippen LogP contribution in [0.3, 0.4) is 0 Å². The molecule has 1 aromatic rings. The molecule has 0 atom stereocenters. The minimum Gasteiger partial charge on any atom is -0.481 e. The number of hydrogen-bond acceptors (Lipinski definition) is 4. The first-order valence-corrected chi connectivity index (χ1v) is 4.73. The van der Waals surface area contributed by atoms with E-state index in [4.69, 9.17) is 5.11 Å². The molecule has 0 aromatic carbocycles. The van der Waals surface area contributed by atoms with Crippen LogP contribution in [0.5, 0.6) is 0 Å². The Bertz CT molecular complexity index is 452. The molecule has 1 aliphatic rings. The molecule has 0 saturated heterocycles. The molecule has 2 N–H and O–H groups in total. The number of nitrogens with zero attached hydrogens (tertiary/aromatic N) is 2. The number of rotatable bonds is 2. The van der Waals surface area contributed by atoms with E-state index >= 15 is 0 Å². The summed E-state index contributed by atoms with van der Waals surface area (Å²) in [5, 5.41) is 11.6. The number of aromatic nitrogens is 2. The van der Waals surface area contributed by atoms with Gasteiger partial charge in [-0.15, -0.1) is 0 Å². The number of carboxylic acid groups (broad SMARTS) is 1. The summed E-state index contributed by atoms with van der Waals surface area (Å²) in [6.45, 7) is 1.41. The minimum atomic E-state index is -0.984. The average molecular weight is 209 g/mol. The van der Waals surface area contributed by atoms with Gasteiger partial charge in [0.15, 0.2) is 0 Å². The van der Waals surface area contributed by atoms with Crippen molar-refractivity contribution in [3.63, 3.8) is 0 Å². The van der Waals surface area contributed by atoms with Gasteiger partial charge in [0, 0.05) is 19.2 Å². The van der Waals surface area contributed by atoms with Crippen molar-refractivity contribution in [3.05, 3.63) is 22.1 Å². The molecule has 1 aliphatic heterocycles. The van der Waals surface area contributed by atoms with E-state index in [-0.39, 0.29) is 12.0 Å². The van der Waals surface area contributed by atoms with Gasteiger partial charge in [-0.2, -0.15) is 0 Å². The number of carbonyl (C=O) groups is 1. The van der Waals surface area contributed by atoms with E-state index in [1.165, 1.54) is 10.6 Å². The average Bonchev–Trinajstić information content (AvgIpc) is 2.16. The predicted molar refractivity (Wildman–Crippen MR) is 52.9 cm³/mol. The molecule has 6 nitrogen and oxygen atoms in total. The van der Waals surface area contributed by atoms with Gasteiger partial charge in [0.25, 0.3) is 5.56 Å². The van der Waals surface area contributed by atoms with Gasteiger partial charge in [0.2, 0.25) is 5.95 Å². The smallest absolute Gasteiger partial charge is 0.309 e. The molecular formula is C9H11N3O3. The lowest BCUT2D eigenvalue weighted by atomic mass is 10.3. The summed E-state index contributed by atoms with van der Waals surface area (Å²) in [4.78, 5) is 26.1. The topological polar surface area (TPSA) is 84.2 Å². The van der Waals surface area contributed by atoms with Gasteiger partial charge in [0.05, 0.1) is 12.1 Å². The van der Waals surface area contributed by atoms with Gasteiger partial charge in [-0.25, -0.2) is 4.98 Å². The van der Waals surface area contributed by atoms with Crippen LogP contribution in [0.4, 0.5) is 5.95 Å². The zero-order valence-corrected chi connectivity index (χ0v) is 8.06. The van der Waals surface area contributed by atoms with Crippen LogP contribution >= 0.6 is 0 Å². The van der Waals surface area contributed by atoms with Crippen LogP contribution in [0.1, 0.15) is 12.1 Å². The molecule has 6 heteroatoms. The zero-order valence-electron chi connectivity index (χ0n) is 8.06. The van der Waals surface area contributed by atoms with Crippen LogP contribution in [-0.2, 0) is 17.8 Å². The number of aliphatic carboxylic acids is 1. The Morgan fingerprint density at radius 1 is 1.67 bits per heavy atom. The quantitative estimate of drug-likeness (QED) is 0.697. The standard InChI is InChI=1S/C9H11N3O3/c13-7-4-6(5-8(14)15)11-9-10-2-1-3-12(7)9/h4H,1-3,5H2,(H,10,11)(H,14,15). The fraction of sp³-hybridized carbons (Fsp3) is 0.444. The SMILES string of the molecule is O=C(O)Cc1cc(=O)n2c(n1)NCCC2. The fourth-order valence-electron chi connectivity index (χ4n) is 1.59. The monoisotopic (exact) mass is 209 g/mol. The van der Waals surface area contributed by atoms with Crippen molar-refractivity contribution in [1.82, 2.24) is 9.55 Å². The Hall–Kier alpha value is -1.85. The van der Waals surface area contributed by atoms with Gasteiger partial charge in [-0.1, -0.05) is 0 Å². The summed E-state index contributed by atoms with van der Waals surface area (Å²) in [5.41, 5.74) is 0.108. The molecule has 2 rings (SSSR count). The molecule has 0 spiro atoms. The molecular weight excluding hydrogens is 198 g/mol. The van der Waals surface area contributed by atoms with E-state index in [0.29, 0.717) is 18.2 Å². The van der Waals surface area contributed by atoms with Crippen molar-refractivity contribution in [2.24, 2.45) is 0 Å². The Kier molecular flexibility index (Phi) is 2.40. The maximum Gasteiger partial charge on any atom is 0.309 e. The Balaban J connectivity index is 2.40. The summed E-state index contributed by atoms with van der Waals surface area (Å²) in [6.07, 6.45) is 0.664. The van der Waals surface area contributed by atoms with E-state index in [1.54, 1.807) is 0 Å². The number of anilines is 1. The van der Waals surface area contributed by atoms with Crippen LogP contribution in [0, 0.1) is 0 Å². The van der Waals surface area contributed by atoms with Crippen LogP contribution in [0.25, 0.3) is 0 Å². The zero-order chi connectivity index (χ0) is 10.8. The van der Waals surface area contributed by atoms with Gasteiger partial charge < -0.3 is 10.4 Å². The molecule has 1 aromatic heterocycles. The molecule has 0 radical (unpaired) electrons. The van der Waals surface area contributed by atoms with Crippen molar-refractivity contribution in [2.45, 2.75) is 19.4 Å². The third kappa shape index (κ3) is 1.98. The molecule has 0 unspecified atom stereocenters. The van der Waals surface area contributed by atoms with Crippen molar-refractivity contribution in [1.29, 1.82) is 0 Å². The van der Waals surface area contributed by atoms with Crippen molar-refractivity contribution < 1.29 is 9.90 Å². The van der Waals surface area contributed by atoms with Crippen molar-refractivity contribution >= 4 is 11.9 Å². The van der Waals surface area contributed by atoms with Gasteiger partial charge in [-0.05, 0) is 6.42 Å². The third-order valence-electron chi connectivity index (χ3n) is 2.24. The number of nitrogens with one attached hydrogen (secondary N) is 1. The fourth-order valence-corrected chi connectivity index (χ4v) is 1.59. The first kappa shape index (κ1) is 9.70. The van der Waals surface area contributed by atoms with E-state index in [0.717, 1.165) is 13.0 Å². The summed E-state index contributed by atoms with van der Waals surface area (Å²) < 4.78 is 1.52. The second-order valence-electron chi connectivity index (χ2n) is 3.41. The lowest BCUT2D eigenvalue weighted by Crippen LogP contribution is -2.30. The van der Waals surface area contributed by atoms with Crippen molar-refractivity contribution in [2.75, 3.05) is 11.9 Å². The Labute approximate surface area is 85.6 Å². The second kappa shape index (κ2) is 3.72. The molecule has 2 heterocycles. The maximum atomic E-state index is 11.6. The summed E-state index contributed by atoms with van der Waals surface area (Å²) >= 11 is 0. The molecule has 0 bridgehead atoms. The Morgan fingerprint density at radius 2 is 2.47 bits per heavy atom.